The summed E-state index contributed by atoms with van der Waals surface area (Å²) in [5.41, 5.74) is 5.33. The first-order chi connectivity index (χ1) is 9.31. The average molecular weight is 254 g/mol. The number of benzene rings is 1. The fraction of sp³-hybridized carbons (Fsp3) is 0.438. The minimum Gasteiger partial charge on any atom is -0.490 e. The lowest BCUT2D eigenvalue weighted by Gasteiger charge is -2.15. The van der Waals surface area contributed by atoms with Crippen LogP contribution in [0.1, 0.15) is 31.0 Å². The maximum atomic E-state index is 5.77. The van der Waals surface area contributed by atoms with Crippen LogP contribution in [0.25, 0.3) is 11.1 Å². The van der Waals surface area contributed by atoms with Gasteiger partial charge in [-0.05, 0) is 49.4 Å². The number of ether oxygens (including phenoxy) is 1. The van der Waals surface area contributed by atoms with Gasteiger partial charge in [0.05, 0.1) is 6.20 Å². The quantitative estimate of drug-likeness (QED) is 0.781. The van der Waals surface area contributed by atoms with Crippen LogP contribution < -0.4 is 4.74 Å². The van der Waals surface area contributed by atoms with Crippen LogP contribution in [0, 0.1) is 0 Å². The van der Waals surface area contributed by atoms with Crippen LogP contribution in [0.2, 0.25) is 0 Å². The first-order valence-corrected chi connectivity index (χ1v) is 7.16. The van der Waals surface area contributed by atoms with E-state index in [2.05, 4.69) is 34.9 Å². The van der Waals surface area contributed by atoms with E-state index in [0.717, 1.165) is 25.1 Å². The van der Waals surface area contributed by atoms with Crippen LogP contribution in [-0.2, 0) is 19.4 Å². The van der Waals surface area contributed by atoms with Crippen LogP contribution in [0.3, 0.4) is 0 Å². The Morgan fingerprint density at radius 1 is 1.32 bits per heavy atom. The highest BCUT2D eigenvalue weighted by Crippen LogP contribution is 2.34. The summed E-state index contributed by atoms with van der Waals surface area (Å²) < 4.78 is 7.94. The van der Waals surface area contributed by atoms with Crippen molar-refractivity contribution in [2.45, 2.75) is 45.3 Å². The van der Waals surface area contributed by atoms with Crippen molar-refractivity contribution in [3.63, 3.8) is 0 Å². The first kappa shape index (κ1) is 11.1. The molecule has 2 aromatic rings. The lowest BCUT2D eigenvalue weighted by Crippen LogP contribution is -2.11. The van der Waals surface area contributed by atoms with Crippen LogP contribution in [0.5, 0.6) is 5.75 Å². The maximum absolute atomic E-state index is 5.77. The predicted molar refractivity (Wildman–Crippen MR) is 74.4 cm³/mol. The fourth-order valence-electron chi connectivity index (χ4n) is 3.25. The third-order valence-corrected chi connectivity index (χ3v) is 4.19. The molecule has 3 heterocycles. The molecule has 3 nitrogen and oxygen atoms in total. The molecule has 1 unspecified atom stereocenters. The molecule has 0 saturated heterocycles. The molecule has 1 aromatic heterocycles. The van der Waals surface area contributed by atoms with E-state index in [1.165, 1.54) is 35.2 Å². The third-order valence-electron chi connectivity index (χ3n) is 4.19. The summed E-state index contributed by atoms with van der Waals surface area (Å²) in [7, 11) is 0. The molecule has 3 heteroatoms. The number of nitrogens with zero attached hydrogens (tertiary/aromatic N) is 2. The van der Waals surface area contributed by atoms with Gasteiger partial charge in [-0.15, -0.1) is 0 Å². The minimum atomic E-state index is 0.311. The summed E-state index contributed by atoms with van der Waals surface area (Å²) in [4.78, 5) is 0. The molecule has 0 N–H and O–H groups in total. The van der Waals surface area contributed by atoms with Gasteiger partial charge in [0.15, 0.2) is 0 Å². The standard InChI is InChI=1S/C16H18N2O/c1-11-8-13-9-12(5-6-16(13)19-11)14-10-17-18-7-3-2-4-15(14)18/h5-6,9-11H,2-4,7-8H2,1H3. The highest BCUT2D eigenvalue weighted by Gasteiger charge is 2.21. The zero-order valence-electron chi connectivity index (χ0n) is 11.2. The van der Waals surface area contributed by atoms with Crippen molar-refractivity contribution in [1.82, 2.24) is 9.78 Å². The second-order valence-corrected chi connectivity index (χ2v) is 5.64. The van der Waals surface area contributed by atoms with Crippen LogP contribution >= 0.6 is 0 Å². The molecular weight excluding hydrogens is 236 g/mol. The van der Waals surface area contributed by atoms with Gasteiger partial charge in [0.1, 0.15) is 11.9 Å². The highest BCUT2D eigenvalue weighted by molar-refractivity contribution is 5.68. The Labute approximate surface area is 113 Å². The van der Waals surface area contributed by atoms with E-state index in [1.54, 1.807) is 0 Å². The Morgan fingerprint density at radius 3 is 3.21 bits per heavy atom. The number of fused-ring (bicyclic) bond motifs is 2. The SMILES string of the molecule is CC1Cc2cc(-c3cnn4c3CCCC4)ccc2O1. The second kappa shape index (κ2) is 4.12. The lowest BCUT2D eigenvalue weighted by molar-refractivity contribution is 0.254. The third kappa shape index (κ3) is 1.76. The number of aromatic nitrogens is 2. The largest absolute Gasteiger partial charge is 0.490 e. The topological polar surface area (TPSA) is 27.1 Å². The summed E-state index contributed by atoms with van der Waals surface area (Å²) in [6, 6.07) is 6.57. The predicted octanol–water partition coefficient (Wildman–Crippen LogP) is 3.21. The molecule has 0 bridgehead atoms. The number of hydrogen-bond acceptors (Lipinski definition) is 2. The van der Waals surface area contributed by atoms with Gasteiger partial charge in [0.2, 0.25) is 0 Å². The van der Waals surface area contributed by atoms with Crippen molar-refractivity contribution >= 4 is 0 Å². The van der Waals surface area contributed by atoms with Crippen molar-refractivity contribution in [3.05, 3.63) is 35.7 Å². The normalized spacial score (nSPS) is 20.8. The molecule has 2 aliphatic heterocycles. The van der Waals surface area contributed by atoms with Crippen LogP contribution in [-0.4, -0.2) is 15.9 Å². The van der Waals surface area contributed by atoms with Crippen molar-refractivity contribution < 1.29 is 4.74 Å². The van der Waals surface area contributed by atoms with Gasteiger partial charge in [0.25, 0.3) is 0 Å². The van der Waals surface area contributed by atoms with Gasteiger partial charge < -0.3 is 4.74 Å². The Bertz CT molecular complexity index is 630. The zero-order chi connectivity index (χ0) is 12.8. The molecule has 0 amide bonds. The van der Waals surface area contributed by atoms with Crippen molar-refractivity contribution in [3.8, 4) is 16.9 Å². The molecule has 0 saturated carbocycles. The van der Waals surface area contributed by atoms with Crippen molar-refractivity contribution in [2.75, 3.05) is 0 Å². The molecule has 1 atom stereocenters. The van der Waals surface area contributed by atoms with Crippen molar-refractivity contribution in [1.29, 1.82) is 0 Å². The van der Waals surface area contributed by atoms with E-state index >= 15 is 0 Å². The van der Waals surface area contributed by atoms with E-state index < -0.39 is 0 Å². The minimum absolute atomic E-state index is 0.311. The van der Waals surface area contributed by atoms with E-state index in [1.807, 2.05) is 6.20 Å². The Kier molecular flexibility index (Phi) is 2.40. The summed E-state index contributed by atoms with van der Waals surface area (Å²) in [5.74, 6) is 1.05. The zero-order valence-corrected chi connectivity index (χ0v) is 11.2. The van der Waals surface area contributed by atoms with E-state index in [9.17, 15) is 0 Å². The monoisotopic (exact) mass is 254 g/mol. The van der Waals surface area contributed by atoms with Gasteiger partial charge >= 0.3 is 0 Å². The first-order valence-electron chi connectivity index (χ1n) is 7.16. The molecule has 19 heavy (non-hydrogen) atoms. The van der Waals surface area contributed by atoms with Gasteiger partial charge in [-0.3, -0.25) is 4.68 Å². The van der Waals surface area contributed by atoms with Gasteiger partial charge in [-0.25, -0.2) is 0 Å². The molecule has 0 radical (unpaired) electrons. The van der Waals surface area contributed by atoms with E-state index in [-0.39, 0.29) is 0 Å². The number of hydrogen-bond donors (Lipinski definition) is 0. The van der Waals surface area contributed by atoms with Gasteiger partial charge in [-0.1, -0.05) is 6.07 Å². The number of aryl methyl sites for hydroxylation is 1. The molecule has 1 aromatic carbocycles. The van der Waals surface area contributed by atoms with Crippen LogP contribution in [0.4, 0.5) is 0 Å². The fourth-order valence-corrected chi connectivity index (χ4v) is 3.25. The van der Waals surface area contributed by atoms with Crippen LogP contribution in [0.15, 0.2) is 24.4 Å². The number of rotatable bonds is 1. The molecule has 2 aliphatic rings. The summed E-state index contributed by atoms with van der Waals surface area (Å²) >= 11 is 0. The summed E-state index contributed by atoms with van der Waals surface area (Å²) in [5, 5.41) is 4.53. The molecular formula is C16H18N2O. The molecule has 0 fully saturated rings. The Morgan fingerprint density at radius 2 is 2.26 bits per heavy atom. The van der Waals surface area contributed by atoms with E-state index in [4.69, 9.17) is 4.74 Å². The Balaban J connectivity index is 1.77. The smallest absolute Gasteiger partial charge is 0.123 e. The second-order valence-electron chi connectivity index (χ2n) is 5.64. The average Bonchev–Trinajstić information content (AvgIpc) is 2.99. The van der Waals surface area contributed by atoms with Gasteiger partial charge in [-0.2, -0.15) is 5.10 Å². The lowest BCUT2D eigenvalue weighted by atomic mass is 9.98. The highest BCUT2D eigenvalue weighted by atomic mass is 16.5. The summed E-state index contributed by atoms with van der Waals surface area (Å²) in [6.45, 7) is 3.20. The maximum Gasteiger partial charge on any atom is 0.123 e. The molecule has 98 valence electrons. The molecule has 0 aliphatic carbocycles. The van der Waals surface area contributed by atoms with Gasteiger partial charge in [0, 0.05) is 24.2 Å². The van der Waals surface area contributed by atoms with E-state index in [0.29, 0.717) is 6.10 Å². The summed E-state index contributed by atoms with van der Waals surface area (Å²) in [6.07, 6.45) is 7.05. The molecule has 0 spiro atoms. The van der Waals surface area contributed by atoms with Crippen molar-refractivity contribution in [2.24, 2.45) is 0 Å². The Hall–Kier alpha value is -1.77. The molecule has 4 rings (SSSR count).